The summed E-state index contributed by atoms with van der Waals surface area (Å²) in [6, 6.07) is 129. The molecule has 11 heterocycles. The van der Waals surface area contributed by atoms with Gasteiger partial charge >= 0.3 is 0 Å². The second-order valence-corrected chi connectivity index (χ2v) is 34.4. The molecule has 0 atom stereocenters. The van der Waals surface area contributed by atoms with Gasteiger partial charge in [-0.05, 0) is 140 Å². The maximum Gasteiger partial charge on any atom is 0.238 e. The van der Waals surface area contributed by atoms with E-state index in [1.807, 2.05) is 194 Å². The van der Waals surface area contributed by atoms with Crippen molar-refractivity contribution in [3.63, 3.8) is 0 Å². The van der Waals surface area contributed by atoms with Crippen molar-refractivity contribution >= 4 is 218 Å². The fourth-order valence-corrected chi connectivity index (χ4v) is 21.7. The fourth-order valence-electron chi connectivity index (χ4n) is 21.7. The molecule has 0 amide bonds. The Labute approximate surface area is 756 Å². The first-order valence-electron chi connectivity index (χ1n) is 44.6. The van der Waals surface area contributed by atoms with Crippen molar-refractivity contribution in [1.29, 1.82) is 0 Å². The molecule has 620 valence electrons. The third kappa shape index (κ3) is 10.3. The Kier molecular flexibility index (Phi) is 14.8. The van der Waals surface area contributed by atoms with Crippen LogP contribution in [0.25, 0.3) is 304 Å². The Morgan fingerprint density at radius 1 is 0.127 bits per heavy atom. The Balaban J connectivity index is 0.0000000960. The third-order valence-electron chi connectivity index (χ3n) is 27.2. The summed E-state index contributed by atoms with van der Waals surface area (Å²) in [6.45, 7) is 0. The number of furan rings is 5. The zero-order valence-electron chi connectivity index (χ0n) is 70.7. The van der Waals surface area contributed by atoms with Gasteiger partial charge in [0.15, 0.2) is 34.9 Å². The van der Waals surface area contributed by atoms with Crippen molar-refractivity contribution in [2.75, 3.05) is 0 Å². The molecule has 0 spiro atoms. The van der Waals surface area contributed by atoms with Gasteiger partial charge < -0.3 is 22.1 Å². The van der Waals surface area contributed by atoms with Gasteiger partial charge in [0.25, 0.3) is 0 Å². The summed E-state index contributed by atoms with van der Waals surface area (Å²) in [7, 11) is 0. The van der Waals surface area contributed by atoms with E-state index in [2.05, 4.69) is 196 Å². The van der Waals surface area contributed by atoms with E-state index in [0.29, 0.717) is 52.8 Å². The van der Waals surface area contributed by atoms with Crippen LogP contribution >= 0.6 is 0 Å². The van der Waals surface area contributed by atoms with Crippen LogP contribution in [-0.2, 0) is 0 Å². The molecule has 0 N–H and O–H groups in total. The second kappa shape index (κ2) is 27.5. The molecular weight excluding hydrogens is 1650 g/mol. The van der Waals surface area contributed by atoms with Gasteiger partial charge in [0, 0.05) is 120 Å². The van der Waals surface area contributed by atoms with Gasteiger partial charge in [-0.3, -0.25) is 13.7 Å². The molecule has 0 radical (unpaired) electrons. The first-order chi connectivity index (χ1) is 66.5. The van der Waals surface area contributed by atoms with Gasteiger partial charge in [0.05, 0.1) is 33.1 Å². The molecule has 0 bridgehead atoms. The summed E-state index contributed by atoms with van der Waals surface area (Å²) >= 11 is 0. The molecule has 0 unspecified atom stereocenters. The standard InChI is InChI=1S/2C39H20N4O2.C39H22N4O/c1-3-9-21(10-4-1)37-40-38(22-11-5-2-6-12-22)42-39(41-37)43-25-17-19-29-35-31-23(13-7-15-27(31)44-29)24-14-8-16-28-32(24)36-30(45-28)20-18-26(43)34(36)33(25)35;1-3-9-21(10-4-1)37-40-38(22-11-5-2-6-12-22)42-39(41-37)43-25-15-7-13-23-24-14-8-16-27-32(24)34-29(44-27)19-20-30-36(34)35-28(45-30)18-17-26(43)33(35)31(23)25;1-3-11-23(12-4-1)37-40-38(24-13-5-2-6-14-24)42-39(41-37)43-29-19-7-15-25-27-17-9-21-31-35(27)36-28(18-10-22-32(36)44-31)26-16-8-20-30(43)34(26)33(25)29/h2*1-20H;1-22H. The summed E-state index contributed by atoms with van der Waals surface area (Å²) in [6.07, 6.45) is 0. The maximum absolute atomic E-state index is 6.53. The van der Waals surface area contributed by atoms with Crippen molar-refractivity contribution in [2.24, 2.45) is 0 Å². The predicted molar refractivity (Wildman–Crippen MR) is 537 cm³/mol. The van der Waals surface area contributed by atoms with Crippen LogP contribution in [0, 0.1) is 0 Å². The lowest BCUT2D eigenvalue weighted by Crippen LogP contribution is -2.06. The minimum Gasteiger partial charge on any atom is -0.456 e. The third-order valence-corrected chi connectivity index (χ3v) is 27.2. The minimum absolute atomic E-state index is 0.557. The van der Waals surface area contributed by atoms with Crippen molar-refractivity contribution < 1.29 is 22.1 Å². The SMILES string of the molecule is c1ccc(-c2nc(-c3ccccc3)nc(-n3c4ccc5oc6cccc7c8cccc9oc%10ccc3c(c%10c98)c4c5c67)n2)cc1.c1ccc(-c2nc(-c3ccccc3)nc(-n3c4cccc5c6cccc7oc8ccc9oc%10ccc3c(c%10c9c8c76)c54)n2)cc1.c1ccc(-c2nc(-c3ccccc3)nc(-n3c4cccc5c6cccc7oc8cccc(c9cccc3c9c54)c8c76)n2)cc1. The summed E-state index contributed by atoms with van der Waals surface area (Å²) in [5.41, 5.74) is 20.4. The smallest absolute Gasteiger partial charge is 0.238 e. The molecule has 0 aliphatic rings. The molecule has 17 heteroatoms. The predicted octanol–water partition coefficient (Wildman–Crippen LogP) is 30.2. The zero-order valence-corrected chi connectivity index (χ0v) is 70.7. The van der Waals surface area contributed by atoms with Gasteiger partial charge in [-0.15, -0.1) is 0 Å². The molecule has 0 saturated heterocycles. The van der Waals surface area contributed by atoms with Crippen molar-refractivity contribution in [1.82, 2.24) is 58.6 Å². The molecule has 0 aliphatic heterocycles. The van der Waals surface area contributed by atoms with Crippen LogP contribution in [0.1, 0.15) is 0 Å². The quantitative estimate of drug-likeness (QED) is 0.132. The largest absolute Gasteiger partial charge is 0.456 e. The number of benzene rings is 18. The summed E-state index contributed by atoms with van der Waals surface area (Å²) < 4.78 is 39.0. The van der Waals surface area contributed by atoms with Crippen LogP contribution in [0.3, 0.4) is 0 Å². The average Bonchev–Trinajstić information content (AvgIpc) is 1.53. The fraction of sp³-hybridized carbons (Fsp3) is 0. The molecule has 32 aromatic rings. The van der Waals surface area contributed by atoms with E-state index in [0.717, 1.165) is 219 Å². The van der Waals surface area contributed by atoms with Gasteiger partial charge in [-0.25, -0.2) is 15.0 Å². The van der Waals surface area contributed by atoms with E-state index in [4.69, 9.17) is 66.9 Å². The number of hydrogen-bond acceptors (Lipinski definition) is 14. The Bertz CT molecular complexity index is 9990. The maximum atomic E-state index is 6.53. The number of nitrogens with zero attached hydrogens (tertiary/aromatic N) is 12. The first kappa shape index (κ1) is 72.4. The van der Waals surface area contributed by atoms with Gasteiger partial charge in [0.2, 0.25) is 17.8 Å². The highest BCUT2D eigenvalue weighted by molar-refractivity contribution is 6.44. The summed E-state index contributed by atoms with van der Waals surface area (Å²) in [4.78, 5) is 45.7. The van der Waals surface area contributed by atoms with Crippen LogP contribution < -0.4 is 0 Å². The lowest BCUT2D eigenvalue weighted by Gasteiger charge is -2.11. The molecule has 11 aromatic heterocycles. The van der Waals surface area contributed by atoms with Crippen molar-refractivity contribution in [2.45, 2.75) is 0 Å². The lowest BCUT2D eigenvalue weighted by atomic mass is 9.95. The first-order valence-corrected chi connectivity index (χ1v) is 44.6. The molecular formula is C117H62N12O5. The van der Waals surface area contributed by atoms with Crippen molar-refractivity contribution in [3.8, 4) is 86.2 Å². The zero-order chi connectivity index (χ0) is 87.2. The highest BCUT2D eigenvalue weighted by Crippen LogP contribution is 2.54. The lowest BCUT2D eigenvalue weighted by molar-refractivity contribution is 0.663. The molecule has 0 aliphatic carbocycles. The highest BCUT2D eigenvalue weighted by atomic mass is 16.3. The highest BCUT2D eigenvalue weighted by Gasteiger charge is 2.32. The molecule has 0 fully saturated rings. The average molecular weight is 1720 g/mol. The minimum atomic E-state index is 0.557. The Hall–Kier alpha value is -18.6. The number of aromatic nitrogens is 12. The van der Waals surface area contributed by atoms with Crippen LogP contribution in [0.5, 0.6) is 0 Å². The van der Waals surface area contributed by atoms with E-state index in [1.165, 1.54) is 32.3 Å². The van der Waals surface area contributed by atoms with E-state index in [1.54, 1.807) is 0 Å². The normalized spacial score (nSPS) is 12.3. The molecule has 0 saturated carbocycles. The van der Waals surface area contributed by atoms with E-state index < -0.39 is 0 Å². The van der Waals surface area contributed by atoms with Crippen LogP contribution in [0.2, 0.25) is 0 Å². The Morgan fingerprint density at radius 2 is 0.299 bits per heavy atom. The molecule has 32 rings (SSSR count). The monoisotopic (exact) mass is 1710 g/mol. The molecule has 134 heavy (non-hydrogen) atoms. The van der Waals surface area contributed by atoms with Crippen molar-refractivity contribution in [3.05, 3.63) is 376 Å². The van der Waals surface area contributed by atoms with Crippen LogP contribution in [0.4, 0.5) is 0 Å². The van der Waals surface area contributed by atoms with E-state index in [9.17, 15) is 0 Å². The summed E-state index contributed by atoms with van der Waals surface area (Å²) in [5.74, 6) is 5.47. The Morgan fingerprint density at radius 3 is 0.552 bits per heavy atom. The van der Waals surface area contributed by atoms with E-state index >= 15 is 0 Å². The van der Waals surface area contributed by atoms with Gasteiger partial charge in [0.1, 0.15) is 55.8 Å². The van der Waals surface area contributed by atoms with E-state index in [-0.39, 0.29) is 0 Å². The van der Waals surface area contributed by atoms with Gasteiger partial charge in [-0.2, -0.15) is 29.9 Å². The van der Waals surface area contributed by atoms with Gasteiger partial charge in [-0.1, -0.05) is 279 Å². The number of fused-ring (bicyclic) bond motifs is 4. The summed E-state index contributed by atoms with van der Waals surface area (Å²) in [5, 5.41) is 27.2. The topological polar surface area (TPSA) is 196 Å². The molecule has 21 aromatic carbocycles. The number of rotatable bonds is 9. The second-order valence-electron chi connectivity index (χ2n) is 34.4. The van der Waals surface area contributed by atoms with Crippen LogP contribution in [-0.4, -0.2) is 58.6 Å². The van der Waals surface area contributed by atoms with Crippen LogP contribution in [0.15, 0.2) is 398 Å². The number of hydrogen-bond donors (Lipinski definition) is 0. The molecule has 17 nitrogen and oxygen atoms in total.